The minimum absolute atomic E-state index is 0.0387. The van der Waals surface area contributed by atoms with Crippen LogP contribution in [0, 0.1) is 11.8 Å². The third-order valence-corrected chi connectivity index (χ3v) is 3.63. The molecule has 4 N–H and O–H groups in total. The summed E-state index contributed by atoms with van der Waals surface area (Å²) in [4.78, 5) is 24.9. The fourth-order valence-electron chi connectivity index (χ4n) is 2.71. The van der Waals surface area contributed by atoms with E-state index in [4.69, 9.17) is 10.8 Å². The molecule has 1 aliphatic heterocycles. The van der Waals surface area contributed by atoms with E-state index in [1.165, 1.54) is 0 Å². The quantitative estimate of drug-likeness (QED) is 0.599. The van der Waals surface area contributed by atoms with Crippen molar-refractivity contribution >= 4 is 11.8 Å². The highest BCUT2D eigenvalue weighted by Gasteiger charge is 2.28. The number of aliphatic hydroxyl groups excluding tert-OH is 1. The highest BCUT2D eigenvalue weighted by molar-refractivity contribution is 5.78. The Labute approximate surface area is 120 Å². The molecule has 20 heavy (non-hydrogen) atoms. The normalized spacial score (nSPS) is 23.8. The first-order valence-electron chi connectivity index (χ1n) is 7.34. The zero-order valence-electron chi connectivity index (χ0n) is 12.5. The van der Waals surface area contributed by atoms with Crippen LogP contribution in [-0.2, 0) is 9.59 Å². The molecule has 1 heterocycles. The van der Waals surface area contributed by atoms with Gasteiger partial charge in [-0.2, -0.15) is 0 Å². The number of piperidine rings is 1. The lowest BCUT2D eigenvalue weighted by molar-refractivity contribution is -0.125. The highest BCUT2D eigenvalue weighted by Crippen LogP contribution is 2.21. The van der Waals surface area contributed by atoms with Gasteiger partial charge in [-0.3, -0.25) is 14.5 Å². The van der Waals surface area contributed by atoms with Crippen LogP contribution in [-0.4, -0.2) is 54.1 Å². The predicted molar refractivity (Wildman–Crippen MR) is 76.8 cm³/mol. The van der Waals surface area contributed by atoms with E-state index in [-0.39, 0.29) is 36.9 Å². The van der Waals surface area contributed by atoms with Crippen LogP contribution in [0.5, 0.6) is 0 Å². The van der Waals surface area contributed by atoms with Gasteiger partial charge in [0.25, 0.3) is 0 Å². The smallest absolute Gasteiger partial charge is 0.231 e. The summed E-state index contributed by atoms with van der Waals surface area (Å²) >= 11 is 0. The van der Waals surface area contributed by atoms with Gasteiger partial charge in [-0.1, -0.05) is 13.8 Å². The van der Waals surface area contributed by atoms with Crippen molar-refractivity contribution in [1.29, 1.82) is 0 Å². The van der Waals surface area contributed by atoms with Crippen molar-refractivity contribution in [2.24, 2.45) is 17.6 Å². The molecule has 6 nitrogen and oxygen atoms in total. The molecule has 0 aliphatic carbocycles. The van der Waals surface area contributed by atoms with Crippen LogP contribution in [0.2, 0.25) is 0 Å². The van der Waals surface area contributed by atoms with Gasteiger partial charge in [0.2, 0.25) is 11.8 Å². The minimum atomic E-state index is -0.346. The standard InChI is InChI=1S/C14H27N3O3/c1-10(2)14(20)16-12-6-11(4-3-5-18)7-17(8-12)9-13(15)19/h10-12,18H,3-9H2,1-2H3,(H2,15,19)(H,16,20). The number of nitrogens with zero attached hydrogens (tertiary/aromatic N) is 1. The van der Waals surface area contributed by atoms with Crippen molar-refractivity contribution in [1.82, 2.24) is 10.2 Å². The van der Waals surface area contributed by atoms with E-state index >= 15 is 0 Å². The molecule has 0 spiro atoms. The Balaban J connectivity index is 2.58. The van der Waals surface area contributed by atoms with E-state index < -0.39 is 0 Å². The summed E-state index contributed by atoms with van der Waals surface area (Å²) in [5, 5.41) is 12.0. The summed E-state index contributed by atoms with van der Waals surface area (Å²) in [5.74, 6) is 0.0312. The number of aliphatic hydroxyl groups is 1. The number of hydrogen-bond donors (Lipinski definition) is 3. The van der Waals surface area contributed by atoms with E-state index in [0.29, 0.717) is 12.5 Å². The van der Waals surface area contributed by atoms with Crippen LogP contribution in [0.4, 0.5) is 0 Å². The number of carbonyl (C=O) groups is 2. The van der Waals surface area contributed by atoms with Crippen LogP contribution >= 0.6 is 0 Å². The molecule has 0 bridgehead atoms. The molecule has 1 aliphatic rings. The van der Waals surface area contributed by atoms with Gasteiger partial charge in [-0.05, 0) is 25.2 Å². The molecule has 2 unspecified atom stereocenters. The average molecular weight is 285 g/mol. The summed E-state index contributed by atoms with van der Waals surface area (Å²) in [7, 11) is 0. The molecule has 2 amide bonds. The Hall–Kier alpha value is -1.14. The number of rotatable bonds is 7. The molecule has 0 aromatic rings. The molecule has 0 saturated carbocycles. The van der Waals surface area contributed by atoms with Crippen LogP contribution in [0.25, 0.3) is 0 Å². The van der Waals surface area contributed by atoms with E-state index in [1.807, 2.05) is 18.7 Å². The van der Waals surface area contributed by atoms with Crippen molar-refractivity contribution < 1.29 is 14.7 Å². The fourth-order valence-corrected chi connectivity index (χ4v) is 2.71. The van der Waals surface area contributed by atoms with Crippen LogP contribution < -0.4 is 11.1 Å². The molecule has 0 aromatic heterocycles. The van der Waals surface area contributed by atoms with Crippen LogP contribution in [0.3, 0.4) is 0 Å². The van der Waals surface area contributed by atoms with Gasteiger partial charge >= 0.3 is 0 Å². The molecule has 2 atom stereocenters. The first-order valence-corrected chi connectivity index (χ1v) is 7.34. The Kier molecular flexibility index (Phi) is 6.95. The van der Waals surface area contributed by atoms with Crippen molar-refractivity contribution in [3.8, 4) is 0 Å². The topological polar surface area (TPSA) is 95.7 Å². The van der Waals surface area contributed by atoms with Gasteiger partial charge in [0.1, 0.15) is 0 Å². The van der Waals surface area contributed by atoms with E-state index in [2.05, 4.69) is 5.32 Å². The molecule has 1 fully saturated rings. The van der Waals surface area contributed by atoms with Gasteiger partial charge in [-0.15, -0.1) is 0 Å². The number of amides is 2. The maximum atomic E-state index is 11.8. The maximum absolute atomic E-state index is 11.8. The molecular weight excluding hydrogens is 258 g/mol. The maximum Gasteiger partial charge on any atom is 0.231 e. The predicted octanol–water partition coefficient (Wildman–Crippen LogP) is -0.293. The van der Waals surface area contributed by atoms with E-state index in [1.54, 1.807) is 0 Å². The first-order chi connectivity index (χ1) is 9.42. The SMILES string of the molecule is CC(C)C(=O)NC1CC(CCCO)CN(CC(N)=O)C1. The zero-order valence-corrected chi connectivity index (χ0v) is 12.5. The van der Waals surface area contributed by atoms with E-state index in [0.717, 1.165) is 25.8 Å². The second-order valence-corrected chi connectivity index (χ2v) is 5.99. The third kappa shape index (κ3) is 5.88. The first kappa shape index (κ1) is 16.9. The number of likely N-dealkylation sites (tertiary alicyclic amines) is 1. The van der Waals surface area contributed by atoms with Crippen LogP contribution in [0.15, 0.2) is 0 Å². The number of hydrogen-bond acceptors (Lipinski definition) is 4. The Morgan fingerprint density at radius 3 is 2.65 bits per heavy atom. The second-order valence-electron chi connectivity index (χ2n) is 5.99. The summed E-state index contributed by atoms with van der Waals surface area (Å²) in [6.07, 6.45) is 2.55. The Morgan fingerprint density at radius 1 is 1.40 bits per heavy atom. The van der Waals surface area contributed by atoms with Crippen molar-refractivity contribution in [2.75, 3.05) is 26.2 Å². The minimum Gasteiger partial charge on any atom is -0.396 e. The number of nitrogens with two attached hydrogens (primary N) is 1. The molecular formula is C14H27N3O3. The largest absolute Gasteiger partial charge is 0.396 e. The molecule has 6 heteroatoms. The van der Waals surface area contributed by atoms with E-state index in [9.17, 15) is 9.59 Å². The van der Waals surface area contributed by atoms with Gasteiger partial charge < -0.3 is 16.2 Å². The van der Waals surface area contributed by atoms with Gasteiger partial charge in [0, 0.05) is 31.7 Å². The van der Waals surface area contributed by atoms with Gasteiger partial charge in [0.05, 0.1) is 6.54 Å². The molecule has 0 radical (unpaired) electrons. The monoisotopic (exact) mass is 285 g/mol. The lowest BCUT2D eigenvalue weighted by Gasteiger charge is -2.37. The van der Waals surface area contributed by atoms with Crippen molar-refractivity contribution in [2.45, 2.75) is 39.2 Å². The van der Waals surface area contributed by atoms with Crippen molar-refractivity contribution in [3.05, 3.63) is 0 Å². The summed E-state index contributed by atoms with van der Waals surface area (Å²) < 4.78 is 0. The van der Waals surface area contributed by atoms with Gasteiger partial charge in [-0.25, -0.2) is 0 Å². The third-order valence-electron chi connectivity index (χ3n) is 3.63. The van der Waals surface area contributed by atoms with Crippen molar-refractivity contribution in [3.63, 3.8) is 0 Å². The molecule has 1 saturated heterocycles. The summed E-state index contributed by atoms with van der Waals surface area (Å²) in [6, 6.07) is 0.0571. The average Bonchev–Trinajstić information content (AvgIpc) is 2.35. The fraction of sp³-hybridized carbons (Fsp3) is 0.857. The molecule has 0 aromatic carbocycles. The van der Waals surface area contributed by atoms with Crippen LogP contribution in [0.1, 0.15) is 33.1 Å². The Bertz CT molecular complexity index is 334. The summed E-state index contributed by atoms with van der Waals surface area (Å²) in [5.41, 5.74) is 5.26. The highest BCUT2D eigenvalue weighted by atomic mass is 16.3. The number of carbonyl (C=O) groups excluding carboxylic acids is 2. The number of primary amides is 1. The number of nitrogens with one attached hydrogen (secondary N) is 1. The molecule has 1 rings (SSSR count). The summed E-state index contributed by atoms with van der Waals surface area (Å²) in [6.45, 7) is 5.60. The lowest BCUT2D eigenvalue weighted by Crippen LogP contribution is -2.53. The van der Waals surface area contributed by atoms with Gasteiger partial charge in [0.15, 0.2) is 0 Å². The second kappa shape index (κ2) is 8.21. The lowest BCUT2D eigenvalue weighted by atomic mass is 9.90. The Morgan fingerprint density at radius 2 is 2.10 bits per heavy atom. The zero-order chi connectivity index (χ0) is 15.1. The molecule has 116 valence electrons.